The highest BCUT2D eigenvalue weighted by molar-refractivity contribution is 5.48. The molecule has 0 spiro atoms. The number of aromatic hydroxyl groups is 2. The Hall–Kier alpha value is -2.16. The molecule has 2 aromatic carbocycles. The molecule has 82 valence electrons. The third-order valence-electron chi connectivity index (χ3n) is 2.36. The lowest BCUT2D eigenvalue weighted by molar-refractivity contribution is 0.400. The first-order valence-corrected chi connectivity index (χ1v) is 5.06. The molecule has 0 atom stereocenters. The van der Waals surface area contributed by atoms with Crippen molar-refractivity contribution >= 4 is 5.69 Å². The Morgan fingerprint density at radius 1 is 0.875 bits per heavy atom. The number of hydrogen-bond acceptors (Lipinski definition) is 3. The number of nitrogens with one attached hydrogen (secondary N) is 1. The summed E-state index contributed by atoms with van der Waals surface area (Å²) in [6, 6.07) is 14.6. The summed E-state index contributed by atoms with van der Waals surface area (Å²) in [5, 5.41) is 22.1. The number of anilines is 1. The fourth-order valence-electron chi connectivity index (χ4n) is 1.47. The summed E-state index contributed by atoms with van der Waals surface area (Å²) >= 11 is 0. The molecule has 0 aliphatic rings. The zero-order valence-corrected chi connectivity index (χ0v) is 8.72. The Morgan fingerprint density at radius 3 is 2.38 bits per heavy atom. The van der Waals surface area contributed by atoms with Crippen LogP contribution in [-0.4, -0.2) is 10.2 Å². The molecule has 0 unspecified atom stereocenters. The van der Waals surface area contributed by atoms with Crippen molar-refractivity contribution in [3.8, 4) is 11.5 Å². The minimum absolute atomic E-state index is 0.0640. The van der Waals surface area contributed by atoms with Crippen molar-refractivity contribution in [2.45, 2.75) is 6.54 Å². The first-order valence-electron chi connectivity index (χ1n) is 5.06. The maximum Gasteiger partial charge on any atom is 0.162 e. The smallest absolute Gasteiger partial charge is 0.162 e. The van der Waals surface area contributed by atoms with E-state index in [0.29, 0.717) is 12.1 Å². The molecule has 0 aromatic heterocycles. The second-order valence-electron chi connectivity index (χ2n) is 3.50. The molecule has 0 aliphatic carbocycles. The minimum atomic E-state index is -0.0904. The highest BCUT2D eigenvalue weighted by atomic mass is 16.3. The van der Waals surface area contributed by atoms with E-state index in [2.05, 4.69) is 5.32 Å². The molecular formula is C13H13NO2. The van der Waals surface area contributed by atoms with Gasteiger partial charge in [-0.25, -0.2) is 0 Å². The van der Waals surface area contributed by atoms with Crippen molar-refractivity contribution < 1.29 is 10.2 Å². The summed E-state index contributed by atoms with van der Waals surface area (Å²) < 4.78 is 0. The largest absolute Gasteiger partial charge is 0.504 e. The Bertz CT molecular complexity index is 469. The van der Waals surface area contributed by atoms with Gasteiger partial charge in [0.15, 0.2) is 11.5 Å². The molecule has 0 amide bonds. The van der Waals surface area contributed by atoms with Gasteiger partial charge in [-0.15, -0.1) is 0 Å². The SMILES string of the molecule is Oc1cccc(CNc2ccccc2)c1O. The molecule has 3 heteroatoms. The van der Waals surface area contributed by atoms with Crippen LogP contribution in [-0.2, 0) is 6.54 Å². The van der Waals surface area contributed by atoms with Gasteiger partial charge in [0.25, 0.3) is 0 Å². The molecule has 16 heavy (non-hydrogen) atoms. The first kappa shape index (κ1) is 10.4. The molecule has 0 radical (unpaired) electrons. The molecule has 3 N–H and O–H groups in total. The monoisotopic (exact) mass is 215 g/mol. The van der Waals surface area contributed by atoms with Crippen molar-refractivity contribution in [2.24, 2.45) is 0 Å². The van der Waals surface area contributed by atoms with E-state index >= 15 is 0 Å². The van der Waals surface area contributed by atoms with E-state index in [4.69, 9.17) is 0 Å². The van der Waals surface area contributed by atoms with E-state index in [9.17, 15) is 10.2 Å². The number of rotatable bonds is 3. The van der Waals surface area contributed by atoms with Crippen molar-refractivity contribution in [1.82, 2.24) is 0 Å². The van der Waals surface area contributed by atoms with Gasteiger partial charge in [0.05, 0.1) is 0 Å². The van der Waals surface area contributed by atoms with Crippen molar-refractivity contribution in [3.63, 3.8) is 0 Å². The average Bonchev–Trinajstić information content (AvgIpc) is 2.32. The van der Waals surface area contributed by atoms with Gasteiger partial charge in [0.1, 0.15) is 0 Å². The minimum Gasteiger partial charge on any atom is -0.504 e. The molecule has 0 aliphatic heterocycles. The number of phenols is 2. The number of phenolic OH excluding ortho intramolecular Hbond substituents is 2. The van der Waals surface area contributed by atoms with Gasteiger partial charge in [-0.05, 0) is 18.2 Å². The Balaban J connectivity index is 2.08. The lowest BCUT2D eigenvalue weighted by Crippen LogP contribution is -1.99. The zero-order valence-electron chi connectivity index (χ0n) is 8.72. The quantitative estimate of drug-likeness (QED) is 0.690. The fraction of sp³-hybridized carbons (Fsp3) is 0.0769. The van der Waals surface area contributed by atoms with E-state index in [1.807, 2.05) is 30.3 Å². The third kappa shape index (κ3) is 2.25. The molecule has 0 saturated heterocycles. The van der Waals surface area contributed by atoms with E-state index < -0.39 is 0 Å². The lowest BCUT2D eigenvalue weighted by atomic mass is 10.2. The normalized spacial score (nSPS) is 10.0. The fourth-order valence-corrected chi connectivity index (χ4v) is 1.47. The summed E-state index contributed by atoms with van der Waals surface area (Å²) in [6.45, 7) is 0.476. The van der Waals surface area contributed by atoms with Gasteiger partial charge in [-0.3, -0.25) is 0 Å². The molecule has 0 bridgehead atoms. The van der Waals surface area contributed by atoms with Crippen LogP contribution < -0.4 is 5.32 Å². The van der Waals surface area contributed by atoms with Crippen LogP contribution >= 0.6 is 0 Å². The maximum absolute atomic E-state index is 9.59. The average molecular weight is 215 g/mol. The number of benzene rings is 2. The predicted molar refractivity (Wildman–Crippen MR) is 63.5 cm³/mol. The predicted octanol–water partition coefficient (Wildman–Crippen LogP) is 2.71. The molecule has 2 aromatic rings. The van der Waals surface area contributed by atoms with Gasteiger partial charge in [-0.2, -0.15) is 0 Å². The van der Waals surface area contributed by atoms with Crippen molar-refractivity contribution in [2.75, 3.05) is 5.32 Å². The molecule has 0 heterocycles. The summed E-state index contributed by atoms with van der Waals surface area (Å²) in [5.41, 5.74) is 1.65. The number of hydrogen-bond donors (Lipinski definition) is 3. The molecule has 0 fully saturated rings. The van der Waals surface area contributed by atoms with Gasteiger partial charge >= 0.3 is 0 Å². The van der Waals surface area contributed by atoms with Gasteiger partial charge in [-0.1, -0.05) is 30.3 Å². The molecule has 2 rings (SSSR count). The van der Waals surface area contributed by atoms with Crippen molar-refractivity contribution in [3.05, 3.63) is 54.1 Å². The summed E-state index contributed by atoms with van der Waals surface area (Å²) in [6.07, 6.45) is 0. The van der Waals surface area contributed by atoms with E-state index in [0.717, 1.165) is 5.69 Å². The van der Waals surface area contributed by atoms with Crippen LogP contribution in [0.25, 0.3) is 0 Å². The highest BCUT2D eigenvalue weighted by Crippen LogP contribution is 2.28. The lowest BCUT2D eigenvalue weighted by Gasteiger charge is -2.08. The standard InChI is InChI=1S/C13H13NO2/c15-12-8-4-5-10(13(12)16)9-14-11-6-2-1-3-7-11/h1-8,14-16H,9H2. The Kier molecular flexibility index (Phi) is 2.96. The van der Waals surface area contributed by atoms with Crippen LogP contribution in [0.3, 0.4) is 0 Å². The van der Waals surface area contributed by atoms with E-state index in [1.165, 1.54) is 6.07 Å². The molecular weight excluding hydrogens is 202 g/mol. The highest BCUT2D eigenvalue weighted by Gasteiger charge is 2.04. The van der Waals surface area contributed by atoms with Crippen LogP contribution in [0.4, 0.5) is 5.69 Å². The van der Waals surface area contributed by atoms with Crippen LogP contribution in [0, 0.1) is 0 Å². The number of para-hydroxylation sites is 2. The maximum atomic E-state index is 9.59. The second-order valence-corrected chi connectivity index (χ2v) is 3.50. The van der Waals surface area contributed by atoms with Crippen molar-refractivity contribution in [1.29, 1.82) is 0 Å². The topological polar surface area (TPSA) is 52.5 Å². The van der Waals surface area contributed by atoms with Gasteiger partial charge in [0, 0.05) is 17.8 Å². The van der Waals surface area contributed by atoms with E-state index in [-0.39, 0.29) is 11.5 Å². The van der Waals surface area contributed by atoms with Gasteiger partial charge in [0.2, 0.25) is 0 Å². The molecule has 0 saturated carbocycles. The zero-order chi connectivity index (χ0) is 11.4. The Labute approximate surface area is 94.0 Å². The van der Waals surface area contributed by atoms with Crippen LogP contribution in [0.2, 0.25) is 0 Å². The third-order valence-corrected chi connectivity index (χ3v) is 2.36. The van der Waals surface area contributed by atoms with Crippen LogP contribution in [0.5, 0.6) is 11.5 Å². The van der Waals surface area contributed by atoms with Crippen LogP contribution in [0.15, 0.2) is 48.5 Å². The summed E-state index contributed by atoms with van der Waals surface area (Å²) in [4.78, 5) is 0. The first-order chi connectivity index (χ1) is 7.77. The Morgan fingerprint density at radius 2 is 1.62 bits per heavy atom. The van der Waals surface area contributed by atoms with Gasteiger partial charge < -0.3 is 15.5 Å². The second kappa shape index (κ2) is 4.57. The van der Waals surface area contributed by atoms with Crippen LogP contribution in [0.1, 0.15) is 5.56 Å². The summed E-state index contributed by atoms with van der Waals surface area (Å²) in [5.74, 6) is -0.154. The molecule has 3 nitrogen and oxygen atoms in total. The van der Waals surface area contributed by atoms with E-state index in [1.54, 1.807) is 12.1 Å². The summed E-state index contributed by atoms with van der Waals surface area (Å²) in [7, 11) is 0.